The van der Waals surface area contributed by atoms with Gasteiger partial charge >= 0.3 is 13.2 Å². The molecule has 1 saturated heterocycles. The molecule has 270 valence electrons. The molecular weight excluding hydrogens is 735 g/mol. The summed E-state index contributed by atoms with van der Waals surface area (Å²) in [5.74, 6) is 1.02. The Morgan fingerprint density at radius 1 is 1.18 bits per heavy atom. The summed E-state index contributed by atoms with van der Waals surface area (Å²) in [7, 11) is 0.926. The largest absolute Gasteiger partial charge is 0.497 e. The third-order valence-electron chi connectivity index (χ3n) is 9.73. The lowest BCUT2D eigenvalue weighted by Crippen LogP contribution is -2.64. The average molecular weight is 780 g/mol. The molecule has 3 heterocycles. The van der Waals surface area contributed by atoms with Crippen molar-refractivity contribution in [1.82, 2.24) is 14.5 Å². The topological polar surface area (TPSA) is 125 Å². The molecule has 3 N–H and O–H groups in total. The lowest BCUT2D eigenvalue weighted by Gasteiger charge is -2.48. The number of aromatic nitrogens is 2. The Bertz CT molecular complexity index is 1980. The molecule has 1 saturated carbocycles. The molecule has 2 fully saturated rings. The highest BCUT2D eigenvalue weighted by molar-refractivity contribution is 9.10. The van der Waals surface area contributed by atoms with Gasteiger partial charge in [0.15, 0.2) is 5.72 Å². The Kier molecular flexibility index (Phi) is 10.1. The van der Waals surface area contributed by atoms with E-state index in [1.54, 1.807) is 28.8 Å². The number of carbonyl (C=O) groups excluding carboxylic acids is 1. The van der Waals surface area contributed by atoms with Crippen molar-refractivity contribution in [3.05, 3.63) is 81.5 Å². The number of halogens is 2. The van der Waals surface area contributed by atoms with Gasteiger partial charge < -0.3 is 29.8 Å². The summed E-state index contributed by atoms with van der Waals surface area (Å²) in [6.07, 6.45) is 5.19. The number of amidine groups is 1. The lowest BCUT2D eigenvalue weighted by atomic mass is 9.76. The molecular formula is C37H45BBrClN6O5. The first-order chi connectivity index (χ1) is 24.0. The second-order valence-electron chi connectivity index (χ2n) is 14.8. The third-order valence-corrected chi connectivity index (χ3v) is 10.5. The molecule has 14 heteroatoms. The first-order valence-electron chi connectivity index (χ1n) is 17.0. The molecule has 2 aromatic heterocycles. The van der Waals surface area contributed by atoms with Gasteiger partial charge in [-0.05, 0) is 125 Å². The number of para-hydroxylation sites is 1. The minimum absolute atomic E-state index is 0.0414. The summed E-state index contributed by atoms with van der Waals surface area (Å²) in [5, 5.41) is 8.85. The SMILES string of the molecule is COc1ccc(B2OC(C)(C)C(C)(N(C(=O)OC(C)(C)C)[C@H]3CC[C@@H](Nc4c(/C(N)=N/c5ccccc5Cl)cnn5cc(Br)cc45)C3)O2)c(C)c1. The normalized spacial score (nSPS) is 22.0. The molecule has 1 aliphatic carbocycles. The molecule has 51 heavy (non-hydrogen) atoms. The zero-order valence-electron chi connectivity index (χ0n) is 30.3. The van der Waals surface area contributed by atoms with Gasteiger partial charge in [-0.3, -0.25) is 4.90 Å². The van der Waals surface area contributed by atoms with Gasteiger partial charge in [0.2, 0.25) is 0 Å². The molecule has 0 spiro atoms. The smallest absolute Gasteiger partial charge is 0.496 e. The third kappa shape index (κ3) is 7.44. The number of nitrogens with zero attached hydrogens (tertiary/aromatic N) is 4. The van der Waals surface area contributed by atoms with E-state index in [4.69, 9.17) is 36.1 Å². The molecule has 0 radical (unpaired) electrons. The number of ether oxygens (including phenoxy) is 2. The van der Waals surface area contributed by atoms with Crippen molar-refractivity contribution in [2.24, 2.45) is 10.7 Å². The zero-order valence-corrected chi connectivity index (χ0v) is 32.6. The van der Waals surface area contributed by atoms with Crippen molar-refractivity contribution in [1.29, 1.82) is 0 Å². The highest BCUT2D eigenvalue weighted by Crippen LogP contribution is 2.45. The van der Waals surface area contributed by atoms with E-state index in [1.807, 2.05) is 97.1 Å². The Labute approximate surface area is 313 Å². The van der Waals surface area contributed by atoms with Gasteiger partial charge in [0.1, 0.15) is 17.2 Å². The second-order valence-corrected chi connectivity index (χ2v) is 16.1. The van der Waals surface area contributed by atoms with E-state index in [2.05, 4.69) is 31.3 Å². The van der Waals surface area contributed by atoms with Crippen molar-refractivity contribution in [2.45, 2.75) is 96.7 Å². The van der Waals surface area contributed by atoms with Crippen molar-refractivity contribution < 1.29 is 23.6 Å². The van der Waals surface area contributed by atoms with Crippen LogP contribution in [0, 0.1) is 6.92 Å². The molecule has 4 aromatic rings. The quantitative estimate of drug-likeness (QED) is 0.106. The number of nitrogens with one attached hydrogen (secondary N) is 1. The van der Waals surface area contributed by atoms with Crippen LogP contribution in [-0.2, 0) is 14.0 Å². The lowest BCUT2D eigenvalue weighted by molar-refractivity contribution is -0.140. The van der Waals surface area contributed by atoms with Crippen molar-refractivity contribution in [2.75, 3.05) is 12.4 Å². The van der Waals surface area contributed by atoms with Crippen LogP contribution < -0.4 is 21.3 Å². The highest BCUT2D eigenvalue weighted by Gasteiger charge is 2.61. The van der Waals surface area contributed by atoms with Crippen LogP contribution in [0.15, 0.2) is 70.4 Å². The molecule has 1 aliphatic heterocycles. The van der Waals surface area contributed by atoms with Crippen LogP contribution >= 0.6 is 27.5 Å². The number of anilines is 1. The molecule has 3 atom stereocenters. The fourth-order valence-electron chi connectivity index (χ4n) is 6.88. The van der Waals surface area contributed by atoms with Gasteiger partial charge in [-0.25, -0.2) is 14.3 Å². The van der Waals surface area contributed by atoms with Crippen LogP contribution in [0.2, 0.25) is 5.02 Å². The fraction of sp³-hybridized carbons (Fsp3) is 0.432. The monoisotopic (exact) mass is 778 g/mol. The number of aryl methyl sites for hydroxylation is 1. The summed E-state index contributed by atoms with van der Waals surface area (Å²) in [4.78, 5) is 20.7. The Morgan fingerprint density at radius 3 is 2.61 bits per heavy atom. The number of nitrogens with two attached hydrogens (primary N) is 1. The summed E-state index contributed by atoms with van der Waals surface area (Å²) in [6.45, 7) is 13.4. The van der Waals surface area contributed by atoms with E-state index in [1.165, 1.54) is 0 Å². The van der Waals surface area contributed by atoms with Crippen LogP contribution in [-0.4, -0.2) is 69.7 Å². The molecule has 1 unspecified atom stereocenters. The van der Waals surface area contributed by atoms with Crippen molar-refractivity contribution in [3.63, 3.8) is 0 Å². The molecule has 2 aliphatic rings. The maximum Gasteiger partial charge on any atom is 0.496 e. The van der Waals surface area contributed by atoms with Crippen molar-refractivity contribution in [3.8, 4) is 5.75 Å². The minimum atomic E-state index is -1.18. The van der Waals surface area contributed by atoms with Gasteiger partial charge in [-0.15, -0.1) is 0 Å². The summed E-state index contributed by atoms with van der Waals surface area (Å²) in [5.41, 5.74) is 8.46. The number of hydrogen-bond acceptors (Lipinski definition) is 8. The van der Waals surface area contributed by atoms with Crippen molar-refractivity contribution >= 4 is 68.9 Å². The number of fused-ring (bicyclic) bond motifs is 1. The first kappa shape index (κ1) is 37.0. The second kappa shape index (κ2) is 14.0. The van der Waals surface area contributed by atoms with E-state index in [0.717, 1.165) is 38.9 Å². The summed E-state index contributed by atoms with van der Waals surface area (Å²) in [6, 6.07) is 14.8. The standard InChI is InChI=1S/C37H45BBrClN6O5/c1-22-17-26(48-8)15-16-28(22)38-50-36(5,6)37(7,51-38)46(34(47)49-35(2,3)4)25-14-13-24(19-25)43-32-27(20-42-45-21-23(39)18-31(32)45)33(41)44-30-12-10-9-11-29(30)40/h9-12,15-18,20-21,24-25,43H,13-14,19H2,1-8H3,(H2,41,44)/t24-,25+,37?/m1/s1. The van der Waals surface area contributed by atoms with Crippen LogP contribution in [0.25, 0.3) is 5.52 Å². The van der Waals surface area contributed by atoms with Gasteiger partial charge in [0, 0.05) is 22.8 Å². The van der Waals surface area contributed by atoms with Crippen LogP contribution in [0.5, 0.6) is 5.75 Å². The van der Waals surface area contributed by atoms with Gasteiger partial charge in [0.25, 0.3) is 0 Å². The Morgan fingerprint density at radius 2 is 1.92 bits per heavy atom. The highest BCUT2D eigenvalue weighted by atomic mass is 79.9. The number of hydrogen-bond donors (Lipinski definition) is 2. The summed E-state index contributed by atoms with van der Waals surface area (Å²) < 4.78 is 27.6. The molecule has 2 aromatic carbocycles. The number of methoxy groups -OCH3 is 1. The van der Waals surface area contributed by atoms with Gasteiger partial charge in [-0.1, -0.05) is 29.8 Å². The fourth-order valence-corrected chi connectivity index (χ4v) is 7.47. The number of rotatable bonds is 8. The maximum absolute atomic E-state index is 14.3. The predicted molar refractivity (Wildman–Crippen MR) is 206 cm³/mol. The van der Waals surface area contributed by atoms with Gasteiger partial charge in [-0.2, -0.15) is 5.10 Å². The number of aliphatic imine (C=N–C) groups is 1. The van der Waals surface area contributed by atoms with Crippen LogP contribution in [0.4, 0.5) is 16.2 Å². The zero-order chi connectivity index (χ0) is 36.9. The maximum atomic E-state index is 14.3. The van der Waals surface area contributed by atoms with Gasteiger partial charge in [0.05, 0.1) is 46.4 Å². The summed E-state index contributed by atoms with van der Waals surface area (Å²) >= 11 is 10.0. The number of amides is 1. The van der Waals surface area contributed by atoms with Crippen LogP contribution in [0.1, 0.15) is 71.9 Å². The van der Waals surface area contributed by atoms with Crippen LogP contribution in [0.3, 0.4) is 0 Å². The average Bonchev–Trinajstić information content (AvgIpc) is 3.72. The molecule has 11 nitrogen and oxygen atoms in total. The van der Waals surface area contributed by atoms with E-state index >= 15 is 0 Å². The van der Waals surface area contributed by atoms with E-state index in [-0.39, 0.29) is 17.9 Å². The molecule has 1 amide bonds. The molecule has 0 bridgehead atoms. The predicted octanol–water partition coefficient (Wildman–Crippen LogP) is 7.61. The Balaban J connectivity index is 1.33. The number of carbonyl (C=O) groups is 1. The number of benzene rings is 2. The Hall–Kier alpha value is -3.78. The van der Waals surface area contributed by atoms with E-state index in [9.17, 15) is 4.79 Å². The first-order valence-corrected chi connectivity index (χ1v) is 18.2. The van der Waals surface area contributed by atoms with E-state index < -0.39 is 30.1 Å². The van der Waals surface area contributed by atoms with E-state index in [0.29, 0.717) is 29.1 Å². The molecule has 6 rings (SSSR count). The minimum Gasteiger partial charge on any atom is -0.497 e.